The zero-order valence-electron chi connectivity index (χ0n) is 19.7. The fourth-order valence-electron chi connectivity index (χ4n) is 3.14. The van der Waals surface area contributed by atoms with Gasteiger partial charge in [-0.15, -0.1) is 0 Å². The Hall–Kier alpha value is -3.75. The Labute approximate surface area is 219 Å². The summed E-state index contributed by atoms with van der Waals surface area (Å²) in [6.07, 6.45) is 1.88. The molecular formula is C26H25Cl2N3O5. The Bertz CT molecular complexity index is 1250. The normalized spacial score (nSPS) is 10.7. The Kier molecular flexibility index (Phi) is 9.97. The number of nitrogens with zero attached hydrogens (tertiary/aromatic N) is 1. The van der Waals surface area contributed by atoms with E-state index >= 15 is 0 Å². The number of methoxy groups -OCH3 is 2. The predicted octanol–water partition coefficient (Wildman–Crippen LogP) is 4.40. The van der Waals surface area contributed by atoms with Gasteiger partial charge in [0.25, 0.3) is 0 Å². The molecule has 0 saturated heterocycles. The number of halogens is 2. The smallest absolute Gasteiger partial charge is 0.329 e. The van der Waals surface area contributed by atoms with Gasteiger partial charge in [-0.3, -0.25) is 9.59 Å². The number of rotatable bonds is 10. The van der Waals surface area contributed by atoms with Crippen LogP contribution in [0.25, 0.3) is 0 Å². The molecule has 2 amide bonds. The molecular weight excluding hydrogens is 505 g/mol. The van der Waals surface area contributed by atoms with Crippen LogP contribution < -0.4 is 25.0 Å². The zero-order chi connectivity index (χ0) is 25.9. The van der Waals surface area contributed by atoms with Gasteiger partial charge in [-0.05, 0) is 53.9 Å². The SMILES string of the molecule is COc1ccc(CCNC(=O)C(=O)N/N=C\c2ccc(OCc3ccccc3Cl)c(Cl)c2)cc1OC. The third-order valence-electron chi connectivity index (χ3n) is 5.03. The highest BCUT2D eigenvalue weighted by atomic mass is 35.5. The van der Waals surface area contributed by atoms with Crippen molar-refractivity contribution in [3.05, 3.63) is 87.4 Å². The van der Waals surface area contributed by atoms with Crippen LogP contribution in [0, 0.1) is 0 Å². The van der Waals surface area contributed by atoms with Gasteiger partial charge in [-0.2, -0.15) is 5.10 Å². The van der Waals surface area contributed by atoms with E-state index in [9.17, 15) is 9.59 Å². The molecule has 0 unspecified atom stereocenters. The molecule has 0 radical (unpaired) electrons. The number of carbonyl (C=O) groups is 2. The Balaban J connectivity index is 1.45. The summed E-state index contributed by atoms with van der Waals surface area (Å²) in [4.78, 5) is 24.0. The van der Waals surface area contributed by atoms with Gasteiger partial charge in [0.2, 0.25) is 0 Å². The third-order valence-corrected chi connectivity index (χ3v) is 5.69. The molecule has 8 nitrogen and oxygen atoms in total. The molecule has 0 spiro atoms. The van der Waals surface area contributed by atoms with Crippen LogP contribution in [0.1, 0.15) is 16.7 Å². The first-order chi connectivity index (χ1) is 17.4. The van der Waals surface area contributed by atoms with Crippen LogP contribution in [-0.4, -0.2) is 38.8 Å². The first-order valence-electron chi connectivity index (χ1n) is 10.9. The van der Waals surface area contributed by atoms with Crippen molar-refractivity contribution in [2.45, 2.75) is 13.0 Å². The fraction of sp³-hybridized carbons (Fsp3) is 0.192. The maximum atomic E-state index is 12.0. The summed E-state index contributed by atoms with van der Waals surface area (Å²) in [5.74, 6) is 0.00161. The van der Waals surface area contributed by atoms with Gasteiger partial charge in [-0.25, -0.2) is 5.43 Å². The molecule has 0 aliphatic heterocycles. The minimum Gasteiger partial charge on any atom is -0.493 e. The van der Waals surface area contributed by atoms with Gasteiger partial charge in [0.05, 0.1) is 25.5 Å². The highest BCUT2D eigenvalue weighted by Gasteiger charge is 2.12. The standard InChI is InChI=1S/C26H25Cl2N3O5/c1-34-23-10-7-17(14-24(23)35-2)11-12-29-25(32)26(33)31-30-15-18-8-9-22(21(28)13-18)36-16-19-5-3-4-6-20(19)27/h3-10,13-15H,11-12,16H2,1-2H3,(H,29,32)(H,31,33)/b30-15-. The largest absolute Gasteiger partial charge is 0.493 e. The van der Waals surface area contributed by atoms with Crippen LogP contribution in [0.4, 0.5) is 0 Å². The molecule has 0 heterocycles. The van der Waals surface area contributed by atoms with Gasteiger partial charge in [-0.1, -0.05) is 47.5 Å². The van der Waals surface area contributed by atoms with E-state index in [0.717, 1.165) is 11.1 Å². The second-order valence-electron chi connectivity index (χ2n) is 7.46. The maximum absolute atomic E-state index is 12.0. The van der Waals surface area contributed by atoms with E-state index in [2.05, 4.69) is 15.8 Å². The molecule has 0 aromatic heterocycles. The number of nitrogens with one attached hydrogen (secondary N) is 2. The lowest BCUT2D eigenvalue weighted by molar-refractivity contribution is -0.139. The van der Waals surface area contributed by atoms with E-state index in [1.807, 2.05) is 30.3 Å². The molecule has 3 rings (SSSR count). The van der Waals surface area contributed by atoms with E-state index in [0.29, 0.717) is 39.3 Å². The minimum atomic E-state index is -0.885. The highest BCUT2D eigenvalue weighted by Crippen LogP contribution is 2.28. The van der Waals surface area contributed by atoms with E-state index in [1.54, 1.807) is 44.6 Å². The van der Waals surface area contributed by atoms with Gasteiger partial charge in [0.15, 0.2) is 11.5 Å². The van der Waals surface area contributed by atoms with E-state index in [4.69, 9.17) is 37.4 Å². The molecule has 3 aromatic rings. The van der Waals surface area contributed by atoms with Crippen LogP contribution >= 0.6 is 23.2 Å². The van der Waals surface area contributed by atoms with E-state index < -0.39 is 11.8 Å². The highest BCUT2D eigenvalue weighted by molar-refractivity contribution is 6.35. The Morgan fingerprint density at radius 2 is 1.64 bits per heavy atom. The first kappa shape index (κ1) is 26.8. The quantitative estimate of drug-likeness (QED) is 0.230. The summed E-state index contributed by atoms with van der Waals surface area (Å²) < 4.78 is 16.2. The lowest BCUT2D eigenvalue weighted by Crippen LogP contribution is -2.38. The van der Waals surface area contributed by atoms with Crippen LogP contribution in [0.3, 0.4) is 0 Å². The Morgan fingerprint density at radius 1 is 0.889 bits per heavy atom. The van der Waals surface area contributed by atoms with Crippen molar-refractivity contribution >= 4 is 41.2 Å². The summed E-state index contributed by atoms with van der Waals surface area (Å²) >= 11 is 12.4. The van der Waals surface area contributed by atoms with Crippen molar-refractivity contribution in [2.24, 2.45) is 5.10 Å². The number of hydrogen-bond donors (Lipinski definition) is 2. The van der Waals surface area contributed by atoms with E-state index in [1.165, 1.54) is 6.21 Å². The molecule has 2 N–H and O–H groups in total. The number of carbonyl (C=O) groups excluding carboxylic acids is 2. The fourth-order valence-corrected chi connectivity index (χ4v) is 3.57. The van der Waals surface area contributed by atoms with E-state index in [-0.39, 0.29) is 13.2 Å². The molecule has 0 fully saturated rings. The van der Waals surface area contributed by atoms with Crippen LogP contribution in [0.5, 0.6) is 17.2 Å². The number of benzene rings is 3. The second kappa shape index (κ2) is 13.4. The molecule has 36 heavy (non-hydrogen) atoms. The van der Waals surface area contributed by atoms with Crippen molar-refractivity contribution < 1.29 is 23.8 Å². The van der Waals surface area contributed by atoms with Gasteiger partial charge in [0.1, 0.15) is 12.4 Å². The summed E-state index contributed by atoms with van der Waals surface area (Å²) in [7, 11) is 3.10. The molecule has 0 aliphatic carbocycles. The molecule has 3 aromatic carbocycles. The topological polar surface area (TPSA) is 98.2 Å². The van der Waals surface area contributed by atoms with Crippen LogP contribution in [-0.2, 0) is 22.6 Å². The average Bonchev–Trinajstić information content (AvgIpc) is 2.88. The van der Waals surface area contributed by atoms with Gasteiger partial charge >= 0.3 is 11.8 Å². The van der Waals surface area contributed by atoms with Gasteiger partial charge in [0, 0.05) is 17.1 Å². The lowest BCUT2D eigenvalue weighted by atomic mass is 10.1. The third kappa shape index (κ3) is 7.63. The van der Waals surface area contributed by atoms with Crippen LogP contribution in [0.2, 0.25) is 10.0 Å². The van der Waals surface area contributed by atoms with Crippen molar-refractivity contribution in [1.82, 2.24) is 10.7 Å². The summed E-state index contributed by atoms with van der Waals surface area (Å²) in [6, 6.07) is 17.8. The maximum Gasteiger partial charge on any atom is 0.329 e. The lowest BCUT2D eigenvalue weighted by Gasteiger charge is -2.10. The van der Waals surface area contributed by atoms with Crippen LogP contribution in [0.15, 0.2) is 65.8 Å². The zero-order valence-corrected chi connectivity index (χ0v) is 21.2. The van der Waals surface area contributed by atoms with Gasteiger partial charge < -0.3 is 19.5 Å². The molecule has 0 bridgehead atoms. The number of hydrogen-bond acceptors (Lipinski definition) is 6. The molecule has 10 heteroatoms. The van der Waals surface area contributed by atoms with Crippen molar-refractivity contribution in [3.63, 3.8) is 0 Å². The molecule has 188 valence electrons. The monoisotopic (exact) mass is 529 g/mol. The van der Waals surface area contributed by atoms with Crippen molar-refractivity contribution in [3.8, 4) is 17.2 Å². The second-order valence-corrected chi connectivity index (χ2v) is 8.28. The summed E-state index contributed by atoms with van der Waals surface area (Å²) in [5, 5.41) is 7.34. The molecule has 0 aliphatic rings. The number of hydrazone groups is 1. The number of ether oxygens (including phenoxy) is 3. The Morgan fingerprint density at radius 3 is 2.36 bits per heavy atom. The molecule has 0 atom stereocenters. The minimum absolute atomic E-state index is 0.261. The molecule has 0 saturated carbocycles. The predicted molar refractivity (Wildman–Crippen MR) is 139 cm³/mol. The average molecular weight is 530 g/mol. The summed E-state index contributed by atoms with van der Waals surface area (Å²) in [6.45, 7) is 0.528. The first-order valence-corrected chi connectivity index (χ1v) is 11.6. The summed E-state index contributed by atoms with van der Waals surface area (Å²) in [5.41, 5.74) is 4.56. The van der Waals surface area contributed by atoms with Crippen molar-refractivity contribution in [1.29, 1.82) is 0 Å². The van der Waals surface area contributed by atoms with Crippen molar-refractivity contribution in [2.75, 3.05) is 20.8 Å². The number of amides is 2.